The molecule has 0 saturated carbocycles. The maximum atomic E-state index is 12.3. The third-order valence-electron chi connectivity index (χ3n) is 3.75. The lowest BCUT2D eigenvalue weighted by atomic mass is 10.2. The average Bonchev–Trinajstić information content (AvgIpc) is 3.12. The van der Waals surface area contributed by atoms with Gasteiger partial charge < -0.3 is 15.0 Å². The Morgan fingerprint density at radius 1 is 1.42 bits per heavy atom. The fraction of sp³-hybridized carbons (Fsp3) is 0.467. The lowest BCUT2D eigenvalue weighted by molar-refractivity contribution is -0.140. The van der Waals surface area contributed by atoms with Crippen LogP contribution in [0.4, 0.5) is 0 Å². The molecule has 0 radical (unpaired) electrons. The van der Waals surface area contributed by atoms with Crippen LogP contribution in [0, 0.1) is 0 Å². The largest absolute Gasteiger partial charge is 0.468 e. The van der Waals surface area contributed by atoms with Crippen LogP contribution in [-0.4, -0.2) is 41.3 Å². The Bertz CT molecular complexity index is 843. The number of fused-ring (bicyclic) bond motifs is 3. The fourth-order valence-corrected chi connectivity index (χ4v) is 4.65. The van der Waals surface area contributed by atoms with Gasteiger partial charge in [0.1, 0.15) is 17.2 Å². The van der Waals surface area contributed by atoms with Gasteiger partial charge in [0.05, 0.1) is 24.0 Å². The summed E-state index contributed by atoms with van der Waals surface area (Å²) in [4.78, 5) is 44.2. The summed E-state index contributed by atoms with van der Waals surface area (Å²) < 4.78 is 4.45. The monoisotopic (exact) mass is 367 g/mol. The van der Waals surface area contributed by atoms with Gasteiger partial charge in [-0.05, 0) is 24.8 Å². The number of thiophene rings is 1. The van der Waals surface area contributed by atoms with Crippen molar-refractivity contribution < 1.29 is 14.3 Å². The Kier molecular flexibility index (Phi) is 5.20. The van der Waals surface area contributed by atoms with E-state index in [1.807, 2.05) is 0 Å². The van der Waals surface area contributed by atoms with Crippen LogP contribution in [0.25, 0.3) is 10.2 Å². The van der Waals surface area contributed by atoms with Crippen LogP contribution in [0.5, 0.6) is 0 Å². The molecule has 0 saturated heterocycles. The minimum Gasteiger partial charge on any atom is -0.468 e. The molecule has 2 aromatic heterocycles. The summed E-state index contributed by atoms with van der Waals surface area (Å²) in [5, 5.41) is 3.20. The van der Waals surface area contributed by atoms with E-state index in [9.17, 15) is 14.4 Å². The first kappa shape index (κ1) is 17.0. The molecular formula is C15H17N3O4S2. The number of rotatable bonds is 6. The fourth-order valence-electron chi connectivity index (χ4n) is 2.65. The third-order valence-corrected chi connectivity index (χ3v) is 5.88. The van der Waals surface area contributed by atoms with E-state index in [0.717, 1.165) is 35.0 Å². The van der Waals surface area contributed by atoms with E-state index in [4.69, 9.17) is 0 Å². The summed E-state index contributed by atoms with van der Waals surface area (Å²) in [7, 11) is 1.27. The number of ether oxygens (including phenoxy) is 1. The van der Waals surface area contributed by atoms with Gasteiger partial charge in [0.25, 0.3) is 5.56 Å². The normalized spacial score (nSPS) is 13.0. The van der Waals surface area contributed by atoms with Gasteiger partial charge in [0.2, 0.25) is 5.91 Å². The van der Waals surface area contributed by atoms with Crippen molar-refractivity contribution >= 4 is 45.2 Å². The zero-order valence-corrected chi connectivity index (χ0v) is 14.8. The number of aromatic nitrogens is 2. The summed E-state index contributed by atoms with van der Waals surface area (Å²) >= 11 is 2.93. The highest BCUT2D eigenvalue weighted by Crippen LogP contribution is 2.34. The molecule has 0 fully saturated rings. The van der Waals surface area contributed by atoms with E-state index in [1.54, 1.807) is 11.3 Å². The number of carbonyl (C=O) groups excluding carboxylic acids is 2. The van der Waals surface area contributed by atoms with Gasteiger partial charge in [-0.15, -0.1) is 23.1 Å². The molecule has 0 aliphatic heterocycles. The van der Waals surface area contributed by atoms with E-state index in [2.05, 4.69) is 20.0 Å². The van der Waals surface area contributed by atoms with Crippen molar-refractivity contribution in [2.75, 3.05) is 19.4 Å². The molecule has 9 heteroatoms. The van der Waals surface area contributed by atoms with Crippen molar-refractivity contribution in [1.29, 1.82) is 0 Å². The van der Waals surface area contributed by atoms with E-state index in [1.165, 1.54) is 23.7 Å². The topological polar surface area (TPSA) is 101 Å². The minimum absolute atomic E-state index is 0.0925. The second-order valence-corrected chi connectivity index (χ2v) is 7.47. The second kappa shape index (κ2) is 7.35. The number of aromatic amines is 1. The number of amides is 1. The van der Waals surface area contributed by atoms with Gasteiger partial charge in [-0.2, -0.15) is 0 Å². The number of esters is 1. The van der Waals surface area contributed by atoms with Crippen molar-refractivity contribution in [2.45, 2.75) is 25.0 Å². The molecule has 1 aliphatic rings. The molecule has 0 aromatic carbocycles. The predicted molar refractivity (Wildman–Crippen MR) is 93.5 cm³/mol. The number of methoxy groups -OCH3 is 1. The van der Waals surface area contributed by atoms with Crippen molar-refractivity contribution in [3.05, 3.63) is 26.6 Å². The maximum Gasteiger partial charge on any atom is 0.325 e. The van der Waals surface area contributed by atoms with Gasteiger partial charge in [-0.1, -0.05) is 0 Å². The number of thioether (sulfide) groups is 1. The van der Waals surface area contributed by atoms with Crippen molar-refractivity contribution in [2.24, 2.45) is 0 Å². The lowest BCUT2D eigenvalue weighted by Gasteiger charge is -2.04. The molecular weight excluding hydrogens is 350 g/mol. The Morgan fingerprint density at radius 3 is 3.04 bits per heavy atom. The maximum absolute atomic E-state index is 12.3. The van der Waals surface area contributed by atoms with Crippen LogP contribution in [0.1, 0.15) is 22.7 Å². The van der Waals surface area contributed by atoms with Crippen LogP contribution in [0.3, 0.4) is 0 Å². The van der Waals surface area contributed by atoms with Gasteiger partial charge in [-0.3, -0.25) is 14.4 Å². The molecule has 2 aromatic rings. The molecule has 24 heavy (non-hydrogen) atoms. The standard InChI is InChI=1S/C15H17N3O4S2/c1-22-12(20)5-16-11(19)7-23-6-10-17-14(21)13-8-3-2-4-9(8)24-15(13)18-10/h2-7H2,1H3,(H,16,19)(H,17,18,21). The second-order valence-electron chi connectivity index (χ2n) is 5.40. The first-order valence-electron chi connectivity index (χ1n) is 7.53. The Hall–Kier alpha value is -1.87. The van der Waals surface area contributed by atoms with Crippen molar-refractivity contribution in [3.63, 3.8) is 0 Å². The Morgan fingerprint density at radius 2 is 2.25 bits per heavy atom. The van der Waals surface area contributed by atoms with E-state index in [0.29, 0.717) is 11.6 Å². The highest BCUT2D eigenvalue weighted by Gasteiger charge is 2.21. The highest BCUT2D eigenvalue weighted by molar-refractivity contribution is 7.99. The Labute approximate surface area is 146 Å². The van der Waals surface area contributed by atoms with Gasteiger partial charge in [-0.25, -0.2) is 4.98 Å². The number of carbonyl (C=O) groups is 2. The van der Waals surface area contributed by atoms with E-state index >= 15 is 0 Å². The molecule has 3 rings (SSSR count). The van der Waals surface area contributed by atoms with E-state index in [-0.39, 0.29) is 23.8 Å². The Balaban J connectivity index is 1.59. The minimum atomic E-state index is -0.490. The molecule has 0 spiro atoms. The molecule has 2 heterocycles. The molecule has 0 bridgehead atoms. The number of nitrogens with zero attached hydrogens (tertiary/aromatic N) is 1. The predicted octanol–water partition coefficient (Wildman–Crippen LogP) is 0.996. The van der Waals surface area contributed by atoms with Crippen LogP contribution >= 0.6 is 23.1 Å². The number of nitrogens with one attached hydrogen (secondary N) is 2. The van der Waals surface area contributed by atoms with Gasteiger partial charge in [0, 0.05) is 4.88 Å². The highest BCUT2D eigenvalue weighted by atomic mass is 32.2. The first-order chi connectivity index (χ1) is 11.6. The molecule has 128 valence electrons. The zero-order valence-electron chi connectivity index (χ0n) is 13.1. The third kappa shape index (κ3) is 3.62. The lowest BCUT2D eigenvalue weighted by Crippen LogP contribution is -2.31. The van der Waals surface area contributed by atoms with Crippen molar-refractivity contribution in [1.82, 2.24) is 15.3 Å². The molecule has 0 atom stereocenters. The number of H-pyrrole nitrogens is 1. The number of hydrogen-bond acceptors (Lipinski definition) is 7. The molecule has 0 unspecified atom stereocenters. The van der Waals surface area contributed by atoms with Crippen LogP contribution in [0.2, 0.25) is 0 Å². The average molecular weight is 367 g/mol. The molecule has 7 nitrogen and oxygen atoms in total. The van der Waals surface area contributed by atoms with Crippen LogP contribution in [0.15, 0.2) is 4.79 Å². The summed E-state index contributed by atoms with van der Waals surface area (Å²) in [5.41, 5.74) is 1.07. The first-order valence-corrected chi connectivity index (χ1v) is 9.50. The van der Waals surface area contributed by atoms with Crippen molar-refractivity contribution in [3.8, 4) is 0 Å². The molecule has 2 N–H and O–H groups in total. The SMILES string of the molecule is COC(=O)CNC(=O)CSCc1nc2sc3c(c2c(=O)[nH]1)CCC3. The molecule has 1 aliphatic carbocycles. The van der Waals surface area contributed by atoms with Crippen LogP contribution in [-0.2, 0) is 32.9 Å². The quantitative estimate of drug-likeness (QED) is 0.739. The summed E-state index contributed by atoms with van der Waals surface area (Å²) in [6.07, 6.45) is 3.09. The summed E-state index contributed by atoms with van der Waals surface area (Å²) in [6, 6.07) is 0. The summed E-state index contributed by atoms with van der Waals surface area (Å²) in [5.74, 6) is 0.427. The van der Waals surface area contributed by atoms with Crippen LogP contribution < -0.4 is 10.9 Å². The smallest absolute Gasteiger partial charge is 0.325 e. The number of hydrogen-bond donors (Lipinski definition) is 2. The van der Waals surface area contributed by atoms with Gasteiger partial charge in [0.15, 0.2) is 0 Å². The molecule has 1 amide bonds. The van der Waals surface area contributed by atoms with E-state index < -0.39 is 5.97 Å². The summed E-state index contributed by atoms with van der Waals surface area (Å²) in [6.45, 7) is -0.141. The van der Waals surface area contributed by atoms with Gasteiger partial charge >= 0.3 is 5.97 Å². The number of aryl methyl sites for hydroxylation is 2. The zero-order chi connectivity index (χ0) is 17.1.